The van der Waals surface area contributed by atoms with Gasteiger partial charge in [-0.2, -0.15) is 0 Å². The van der Waals surface area contributed by atoms with Crippen molar-refractivity contribution in [2.24, 2.45) is 0 Å². The molecule has 1 heterocycles. The number of nitrogens with zero attached hydrogens (tertiary/aromatic N) is 2. The maximum Gasteiger partial charge on any atom is 0.271 e. The summed E-state index contributed by atoms with van der Waals surface area (Å²) in [5.74, 6) is 0.646. The van der Waals surface area contributed by atoms with Gasteiger partial charge in [0, 0.05) is 12.1 Å². The lowest BCUT2D eigenvalue weighted by atomic mass is 10.1. The van der Waals surface area contributed by atoms with Crippen LogP contribution in [0.3, 0.4) is 0 Å². The largest absolute Gasteiger partial charge is 0.486 e. The molecule has 1 aliphatic rings. The van der Waals surface area contributed by atoms with Crippen molar-refractivity contribution in [2.45, 2.75) is 32.4 Å². The van der Waals surface area contributed by atoms with E-state index in [-0.39, 0.29) is 30.9 Å². The van der Waals surface area contributed by atoms with Gasteiger partial charge in [-0.3, -0.25) is 19.2 Å². The first-order valence-electron chi connectivity index (χ1n) is 10.0. The van der Waals surface area contributed by atoms with Crippen molar-refractivity contribution in [3.63, 3.8) is 0 Å². The minimum absolute atomic E-state index is 0.0925. The number of carbonyl (C=O) groups excluding carboxylic acids is 1. The molecule has 2 atom stereocenters. The second-order valence-electron chi connectivity index (χ2n) is 7.45. The van der Waals surface area contributed by atoms with Crippen molar-refractivity contribution in [2.75, 3.05) is 23.7 Å². The highest BCUT2D eigenvalue weighted by atomic mass is 32.2. The van der Waals surface area contributed by atoms with E-state index in [2.05, 4.69) is 5.32 Å². The quantitative estimate of drug-likeness (QED) is 0.470. The van der Waals surface area contributed by atoms with Crippen molar-refractivity contribution in [3.05, 3.63) is 58.1 Å². The molecule has 2 unspecified atom stereocenters. The Morgan fingerprint density at radius 2 is 1.97 bits per heavy atom. The first-order chi connectivity index (χ1) is 15.1. The van der Waals surface area contributed by atoms with Gasteiger partial charge in [0.15, 0.2) is 11.5 Å². The summed E-state index contributed by atoms with van der Waals surface area (Å²) >= 11 is 0. The van der Waals surface area contributed by atoms with E-state index in [1.165, 1.54) is 18.2 Å². The van der Waals surface area contributed by atoms with Crippen LogP contribution in [0.15, 0.2) is 42.5 Å². The number of anilines is 1. The van der Waals surface area contributed by atoms with Crippen LogP contribution in [0.1, 0.15) is 18.9 Å². The van der Waals surface area contributed by atoms with Crippen LogP contribution < -0.4 is 19.1 Å². The summed E-state index contributed by atoms with van der Waals surface area (Å²) < 4.78 is 37.7. The van der Waals surface area contributed by atoms with Crippen LogP contribution in [0.25, 0.3) is 0 Å². The molecule has 0 fully saturated rings. The number of carbonyl (C=O) groups is 1. The highest BCUT2D eigenvalue weighted by Crippen LogP contribution is 2.31. The van der Waals surface area contributed by atoms with Gasteiger partial charge in [-0.1, -0.05) is 25.1 Å². The highest BCUT2D eigenvalue weighted by molar-refractivity contribution is 7.92. The van der Waals surface area contributed by atoms with Crippen molar-refractivity contribution < 1.29 is 27.6 Å². The van der Waals surface area contributed by atoms with Crippen LogP contribution in [-0.4, -0.2) is 50.8 Å². The predicted molar refractivity (Wildman–Crippen MR) is 119 cm³/mol. The van der Waals surface area contributed by atoms with Gasteiger partial charge < -0.3 is 14.8 Å². The lowest BCUT2D eigenvalue weighted by Crippen LogP contribution is -2.51. The number of sulfonamides is 1. The van der Waals surface area contributed by atoms with Gasteiger partial charge in [0.1, 0.15) is 18.8 Å². The van der Waals surface area contributed by atoms with Crippen molar-refractivity contribution in [1.82, 2.24) is 5.32 Å². The Labute approximate surface area is 186 Å². The molecule has 2 aromatic carbocycles. The third-order valence-electron chi connectivity index (χ3n) is 5.04. The first-order valence-corrected chi connectivity index (χ1v) is 11.9. The second kappa shape index (κ2) is 9.43. The molecule has 0 aromatic heterocycles. The molecule has 1 aliphatic heterocycles. The van der Waals surface area contributed by atoms with E-state index < -0.39 is 33.0 Å². The van der Waals surface area contributed by atoms with Crippen molar-refractivity contribution in [3.8, 4) is 11.5 Å². The summed E-state index contributed by atoms with van der Waals surface area (Å²) in [7, 11) is -3.93. The Morgan fingerprint density at radius 3 is 2.59 bits per heavy atom. The molecular formula is C21H25N3O7S. The minimum Gasteiger partial charge on any atom is -0.486 e. The number of hydrogen-bond acceptors (Lipinski definition) is 7. The van der Waals surface area contributed by atoms with E-state index in [0.29, 0.717) is 17.1 Å². The van der Waals surface area contributed by atoms with Crippen LogP contribution in [-0.2, 0) is 14.8 Å². The zero-order valence-electron chi connectivity index (χ0n) is 18.0. The zero-order chi connectivity index (χ0) is 23.5. The fourth-order valence-electron chi connectivity index (χ4n) is 3.48. The lowest BCUT2D eigenvalue weighted by Gasteiger charge is -2.32. The maximum absolute atomic E-state index is 13.0. The van der Waals surface area contributed by atoms with Gasteiger partial charge in [-0.25, -0.2) is 8.42 Å². The molecular weight excluding hydrogens is 438 g/mol. The molecule has 172 valence electrons. The molecule has 2 aromatic rings. The number of non-ortho nitro benzene ring substituents is 1. The number of ether oxygens (including phenoxy) is 2. The molecule has 0 saturated carbocycles. The second-order valence-corrected chi connectivity index (χ2v) is 9.31. The number of nitrogens with one attached hydrogen (secondary N) is 1. The Bertz CT molecular complexity index is 1120. The molecule has 32 heavy (non-hydrogen) atoms. The molecule has 0 bridgehead atoms. The van der Waals surface area contributed by atoms with Gasteiger partial charge in [0.25, 0.3) is 5.69 Å². The number of amides is 1. The summed E-state index contributed by atoms with van der Waals surface area (Å²) in [5.41, 5.74) is 0.323. The normalized spacial score (nSPS) is 16.2. The monoisotopic (exact) mass is 463 g/mol. The Morgan fingerprint density at radius 1 is 1.28 bits per heavy atom. The Hall–Kier alpha value is -3.34. The van der Waals surface area contributed by atoms with Gasteiger partial charge in [-0.05, 0) is 31.0 Å². The Kier molecular flexibility index (Phi) is 6.87. The Balaban J connectivity index is 1.80. The number of para-hydroxylation sites is 2. The van der Waals surface area contributed by atoms with Crippen LogP contribution in [0, 0.1) is 17.0 Å². The van der Waals surface area contributed by atoms with Crippen LogP contribution in [0.2, 0.25) is 0 Å². The summed E-state index contributed by atoms with van der Waals surface area (Å²) in [6, 6.07) is 9.99. The average Bonchev–Trinajstić information content (AvgIpc) is 2.75. The minimum atomic E-state index is -3.93. The first kappa shape index (κ1) is 23.3. The molecule has 0 radical (unpaired) electrons. The van der Waals surface area contributed by atoms with Gasteiger partial charge in [0.2, 0.25) is 15.9 Å². The molecule has 10 nitrogen and oxygen atoms in total. The van der Waals surface area contributed by atoms with E-state index in [9.17, 15) is 23.3 Å². The van der Waals surface area contributed by atoms with Crippen molar-refractivity contribution >= 4 is 27.3 Å². The molecule has 1 N–H and O–H groups in total. The van der Waals surface area contributed by atoms with Crippen LogP contribution >= 0.6 is 0 Å². The SMILES string of the molecule is CCC(C(=O)NCC1COc2ccccc2O1)N(c1cc([N+](=O)[O-])ccc1C)S(C)(=O)=O. The number of aryl methyl sites for hydroxylation is 1. The average molecular weight is 464 g/mol. The van der Waals surface area contributed by atoms with E-state index in [0.717, 1.165) is 10.6 Å². The summed E-state index contributed by atoms with van der Waals surface area (Å²) in [6.45, 7) is 3.64. The number of fused-ring (bicyclic) bond motifs is 1. The van der Waals surface area contributed by atoms with E-state index in [4.69, 9.17) is 9.47 Å². The molecule has 0 aliphatic carbocycles. The van der Waals surface area contributed by atoms with E-state index in [1.54, 1.807) is 26.0 Å². The molecule has 0 saturated heterocycles. The fraction of sp³-hybridized carbons (Fsp3) is 0.381. The third kappa shape index (κ3) is 5.10. The van der Waals surface area contributed by atoms with E-state index >= 15 is 0 Å². The summed E-state index contributed by atoms with van der Waals surface area (Å²) in [5, 5.41) is 13.9. The van der Waals surface area contributed by atoms with E-state index in [1.807, 2.05) is 12.1 Å². The standard InChI is InChI=1S/C21H25N3O7S/c1-4-17(21(25)22-12-16-13-30-19-7-5-6-8-20(19)31-16)23(32(3,28)29)18-11-15(24(26)27)10-9-14(18)2/h5-11,16-17H,4,12-13H2,1-3H3,(H,22,25). The topological polar surface area (TPSA) is 128 Å². The third-order valence-corrected chi connectivity index (χ3v) is 6.21. The molecule has 1 amide bonds. The highest BCUT2D eigenvalue weighted by Gasteiger charge is 2.34. The molecule has 3 rings (SSSR count). The van der Waals surface area contributed by atoms with Gasteiger partial charge in [0.05, 0.1) is 23.4 Å². The van der Waals surface area contributed by atoms with Crippen molar-refractivity contribution in [1.29, 1.82) is 0 Å². The zero-order valence-corrected chi connectivity index (χ0v) is 18.8. The fourth-order valence-corrected chi connectivity index (χ4v) is 4.74. The summed E-state index contributed by atoms with van der Waals surface area (Å²) in [4.78, 5) is 23.6. The van der Waals surface area contributed by atoms with Gasteiger partial charge in [-0.15, -0.1) is 0 Å². The number of nitro benzene ring substituents is 1. The maximum atomic E-state index is 13.0. The number of benzene rings is 2. The summed E-state index contributed by atoms with van der Waals surface area (Å²) in [6.07, 6.45) is 0.680. The molecule has 0 spiro atoms. The smallest absolute Gasteiger partial charge is 0.271 e. The van der Waals surface area contributed by atoms with Crippen LogP contribution in [0.5, 0.6) is 11.5 Å². The van der Waals surface area contributed by atoms with Gasteiger partial charge >= 0.3 is 0 Å². The van der Waals surface area contributed by atoms with Crippen LogP contribution in [0.4, 0.5) is 11.4 Å². The lowest BCUT2D eigenvalue weighted by molar-refractivity contribution is -0.384. The number of nitro groups is 1. The number of hydrogen-bond donors (Lipinski definition) is 1. The number of rotatable bonds is 8. The molecule has 11 heteroatoms. The predicted octanol–water partition coefficient (Wildman–Crippen LogP) is 2.40.